The van der Waals surface area contributed by atoms with Crippen molar-refractivity contribution < 1.29 is 13.7 Å². The number of hydrogen-bond donors (Lipinski definition) is 2. The molecule has 1 aromatic heterocycles. The van der Waals surface area contributed by atoms with Gasteiger partial charge in [-0.3, -0.25) is 15.5 Å². The Labute approximate surface area is 114 Å². The van der Waals surface area contributed by atoms with E-state index in [2.05, 4.69) is 15.5 Å². The molecule has 7 nitrogen and oxygen atoms in total. The SMILES string of the molecule is Nc1csc(NN=Cc2cc([N+](=O)[O-])c(F)cc2F)n1. The van der Waals surface area contributed by atoms with Crippen LogP contribution in [0.2, 0.25) is 0 Å². The third-order valence-electron chi connectivity index (χ3n) is 2.15. The van der Waals surface area contributed by atoms with E-state index in [1.165, 1.54) is 11.3 Å². The number of thiazole rings is 1. The third kappa shape index (κ3) is 3.03. The maximum absolute atomic E-state index is 13.4. The number of hydrogen-bond acceptors (Lipinski definition) is 7. The van der Waals surface area contributed by atoms with E-state index in [4.69, 9.17) is 5.73 Å². The number of anilines is 2. The summed E-state index contributed by atoms with van der Waals surface area (Å²) in [6.45, 7) is 0. The Morgan fingerprint density at radius 3 is 2.80 bits per heavy atom. The molecule has 0 aliphatic carbocycles. The molecule has 0 fully saturated rings. The summed E-state index contributed by atoms with van der Waals surface area (Å²) >= 11 is 1.18. The lowest BCUT2D eigenvalue weighted by atomic mass is 10.2. The molecule has 0 amide bonds. The van der Waals surface area contributed by atoms with Crippen molar-refractivity contribution in [3.8, 4) is 0 Å². The average molecular weight is 299 g/mol. The fourth-order valence-corrected chi connectivity index (χ4v) is 1.84. The molecule has 10 heteroatoms. The highest BCUT2D eigenvalue weighted by Crippen LogP contribution is 2.21. The number of nitro benzene ring substituents is 1. The van der Waals surface area contributed by atoms with Gasteiger partial charge in [-0.05, 0) is 0 Å². The van der Waals surface area contributed by atoms with E-state index < -0.39 is 22.2 Å². The van der Waals surface area contributed by atoms with Gasteiger partial charge < -0.3 is 5.73 Å². The van der Waals surface area contributed by atoms with Crippen molar-refractivity contribution >= 4 is 34.2 Å². The molecular formula is C10H7F2N5O2S. The molecule has 1 heterocycles. The second-order valence-electron chi connectivity index (χ2n) is 3.53. The molecule has 2 rings (SSSR count). The van der Waals surface area contributed by atoms with Crippen molar-refractivity contribution in [2.45, 2.75) is 0 Å². The maximum atomic E-state index is 13.4. The largest absolute Gasteiger partial charge is 0.383 e. The molecule has 3 N–H and O–H groups in total. The first kappa shape index (κ1) is 13.8. The number of benzene rings is 1. The standard InChI is InChI=1S/C10H7F2N5O2S/c11-6-2-7(12)8(17(18)19)1-5(6)3-14-16-10-15-9(13)4-20-10/h1-4H,13H2,(H,15,16). The van der Waals surface area contributed by atoms with Crippen LogP contribution in [-0.2, 0) is 0 Å². The zero-order chi connectivity index (χ0) is 14.7. The summed E-state index contributed by atoms with van der Waals surface area (Å²) in [4.78, 5) is 13.4. The van der Waals surface area contributed by atoms with Crippen molar-refractivity contribution in [3.63, 3.8) is 0 Å². The minimum atomic E-state index is -1.25. The number of nitrogens with two attached hydrogens (primary N) is 1. The van der Waals surface area contributed by atoms with Gasteiger partial charge in [0.1, 0.15) is 11.6 Å². The van der Waals surface area contributed by atoms with Gasteiger partial charge in [-0.1, -0.05) is 0 Å². The van der Waals surface area contributed by atoms with Gasteiger partial charge >= 0.3 is 5.69 Å². The van der Waals surface area contributed by atoms with Crippen LogP contribution < -0.4 is 11.2 Å². The predicted molar refractivity (Wildman–Crippen MR) is 70.8 cm³/mol. The molecule has 0 saturated heterocycles. The molecule has 2 aromatic rings. The smallest absolute Gasteiger partial charge is 0.305 e. The van der Waals surface area contributed by atoms with Gasteiger partial charge in [0.05, 0.1) is 11.1 Å². The Morgan fingerprint density at radius 1 is 1.45 bits per heavy atom. The highest BCUT2D eigenvalue weighted by Gasteiger charge is 2.17. The highest BCUT2D eigenvalue weighted by atomic mass is 32.1. The number of rotatable bonds is 4. The molecule has 0 aliphatic rings. The molecule has 0 bridgehead atoms. The van der Waals surface area contributed by atoms with Gasteiger partial charge in [-0.15, -0.1) is 11.3 Å². The van der Waals surface area contributed by atoms with Crippen molar-refractivity contribution in [3.05, 3.63) is 44.8 Å². The molecule has 0 spiro atoms. The van der Waals surface area contributed by atoms with Crippen molar-refractivity contribution in [2.75, 3.05) is 11.2 Å². The Balaban J connectivity index is 2.20. The van der Waals surface area contributed by atoms with E-state index in [0.717, 1.165) is 12.3 Å². The van der Waals surface area contributed by atoms with Crippen LogP contribution in [0.4, 0.5) is 25.4 Å². The summed E-state index contributed by atoms with van der Waals surface area (Å²) < 4.78 is 26.5. The Morgan fingerprint density at radius 2 is 2.20 bits per heavy atom. The first-order valence-corrected chi connectivity index (χ1v) is 5.99. The van der Waals surface area contributed by atoms with E-state index in [1.54, 1.807) is 5.38 Å². The van der Waals surface area contributed by atoms with Crippen LogP contribution in [-0.4, -0.2) is 16.1 Å². The molecule has 104 valence electrons. The number of nitro groups is 1. The summed E-state index contributed by atoms with van der Waals surface area (Å²) in [5.41, 5.74) is 6.80. The Kier molecular flexibility index (Phi) is 3.84. The molecule has 0 atom stereocenters. The molecule has 0 saturated carbocycles. The van der Waals surface area contributed by atoms with E-state index >= 15 is 0 Å². The van der Waals surface area contributed by atoms with Crippen LogP contribution in [0.25, 0.3) is 0 Å². The fraction of sp³-hybridized carbons (Fsp3) is 0. The van der Waals surface area contributed by atoms with Gasteiger partial charge in [0.25, 0.3) is 0 Å². The summed E-state index contributed by atoms with van der Waals surface area (Å²) in [5.74, 6) is -1.90. The normalized spacial score (nSPS) is 10.9. The minimum Gasteiger partial charge on any atom is -0.383 e. The first-order chi connectivity index (χ1) is 9.47. The van der Waals surface area contributed by atoms with E-state index in [1.807, 2.05) is 0 Å². The lowest BCUT2D eigenvalue weighted by Crippen LogP contribution is -1.99. The number of halogens is 2. The number of nitrogen functional groups attached to an aromatic ring is 1. The monoisotopic (exact) mass is 299 g/mol. The highest BCUT2D eigenvalue weighted by molar-refractivity contribution is 7.14. The second-order valence-corrected chi connectivity index (χ2v) is 4.39. The van der Waals surface area contributed by atoms with E-state index in [0.29, 0.717) is 17.0 Å². The number of nitrogens with zero attached hydrogens (tertiary/aromatic N) is 3. The van der Waals surface area contributed by atoms with Crippen molar-refractivity contribution in [1.29, 1.82) is 0 Å². The minimum absolute atomic E-state index is 0.227. The lowest BCUT2D eigenvalue weighted by Gasteiger charge is -1.99. The van der Waals surface area contributed by atoms with Crippen LogP contribution in [0.3, 0.4) is 0 Å². The topological polar surface area (TPSA) is 106 Å². The summed E-state index contributed by atoms with van der Waals surface area (Å²) in [6.07, 6.45) is 0.985. The average Bonchev–Trinajstić information content (AvgIpc) is 2.77. The number of hydrazone groups is 1. The fourth-order valence-electron chi connectivity index (χ4n) is 1.29. The second kappa shape index (κ2) is 5.57. The van der Waals surface area contributed by atoms with E-state index in [-0.39, 0.29) is 5.56 Å². The van der Waals surface area contributed by atoms with Crippen LogP contribution in [0.15, 0.2) is 22.6 Å². The predicted octanol–water partition coefficient (Wildman–Crippen LogP) is 2.36. The van der Waals surface area contributed by atoms with Gasteiger partial charge in [0.15, 0.2) is 0 Å². The number of aromatic nitrogens is 1. The third-order valence-corrected chi connectivity index (χ3v) is 2.91. The molecule has 20 heavy (non-hydrogen) atoms. The van der Waals surface area contributed by atoms with Gasteiger partial charge in [-0.2, -0.15) is 9.49 Å². The Bertz CT molecular complexity index is 688. The number of nitrogens with one attached hydrogen (secondary N) is 1. The lowest BCUT2D eigenvalue weighted by molar-refractivity contribution is -0.387. The van der Waals surface area contributed by atoms with Crippen LogP contribution in [0.1, 0.15) is 5.56 Å². The maximum Gasteiger partial charge on any atom is 0.305 e. The molecule has 0 radical (unpaired) electrons. The molecule has 0 aliphatic heterocycles. The van der Waals surface area contributed by atoms with Crippen molar-refractivity contribution in [1.82, 2.24) is 4.98 Å². The summed E-state index contributed by atoms with van der Waals surface area (Å²) in [5, 5.41) is 16.1. The van der Waals surface area contributed by atoms with Gasteiger partial charge in [0.2, 0.25) is 10.9 Å². The zero-order valence-electron chi connectivity index (χ0n) is 9.71. The molecule has 1 aromatic carbocycles. The van der Waals surface area contributed by atoms with E-state index in [9.17, 15) is 18.9 Å². The van der Waals surface area contributed by atoms with Gasteiger partial charge in [0, 0.05) is 23.1 Å². The zero-order valence-corrected chi connectivity index (χ0v) is 10.5. The summed E-state index contributed by atoms with van der Waals surface area (Å²) in [7, 11) is 0. The van der Waals surface area contributed by atoms with Gasteiger partial charge in [-0.25, -0.2) is 9.37 Å². The quantitative estimate of drug-likeness (QED) is 0.512. The Hall–Kier alpha value is -2.62. The molecule has 0 unspecified atom stereocenters. The summed E-state index contributed by atoms with van der Waals surface area (Å²) in [6, 6.07) is 1.19. The molecular weight excluding hydrogens is 292 g/mol. The van der Waals surface area contributed by atoms with Crippen LogP contribution >= 0.6 is 11.3 Å². The van der Waals surface area contributed by atoms with Crippen LogP contribution in [0.5, 0.6) is 0 Å². The van der Waals surface area contributed by atoms with Crippen LogP contribution in [0, 0.1) is 21.7 Å². The first-order valence-electron chi connectivity index (χ1n) is 5.11. The van der Waals surface area contributed by atoms with Crippen molar-refractivity contribution in [2.24, 2.45) is 5.10 Å².